The van der Waals surface area contributed by atoms with Crippen molar-refractivity contribution in [2.45, 2.75) is 13.2 Å². The molecule has 0 aliphatic rings. The van der Waals surface area contributed by atoms with Crippen LogP contribution in [0.4, 0.5) is 0 Å². The molecule has 0 aromatic heterocycles. The Morgan fingerprint density at radius 1 is 1.00 bits per heavy atom. The molecule has 3 nitrogen and oxygen atoms in total. The van der Waals surface area contributed by atoms with Gasteiger partial charge in [0.2, 0.25) is 0 Å². The van der Waals surface area contributed by atoms with E-state index >= 15 is 0 Å². The molecule has 2 aromatic carbocycles. The van der Waals surface area contributed by atoms with Gasteiger partial charge in [0.25, 0.3) is 0 Å². The van der Waals surface area contributed by atoms with Crippen molar-refractivity contribution in [1.29, 1.82) is 0 Å². The minimum Gasteiger partial charge on any atom is -0.392 e. The SMILES string of the molecule is OCc1ccc(CO/N=C/c2ccc(Br)cc2)cc1. The Morgan fingerprint density at radius 2 is 1.63 bits per heavy atom. The number of hydrogen-bond donors (Lipinski definition) is 1. The van der Waals surface area contributed by atoms with Gasteiger partial charge in [0.1, 0.15) is 6.61 Å². The van der Waals surface area contributed by atoms with Crippen molar-refractivity contribution in [3.8, 4) is 0 Å². The highest BCUT2D eigenvalue weighted by Gasteiger charge is 1.94. The molecule has 0 saturated heterocycles. The second-order valence-electron chi connectivity index (χ2n) is 4.03. The third-order valence-electron chi connectivity index (χ3n) is 2.58. The highest BCUT2D eigenvalue weighted by atomic mass is 79.9. The summed E-state index contributed by atoms with van der Waals surface area (Å²) < 4.78 is 1.04. The molecule has 1 N–H and O–H groups in total. The van der Waals surface area contributed by atoms with Crippen molar-refractivity contribution in [2.75, 3.05) is 0 Å². The van der Waals surface area contributed by atoms with Crippen LogP contribution < -0.4 is 0 Å². The molecule has 0 bridgehead atoms. The van der Waals surface area contributed by atoms with Crippen LogP contribution in [0.2, 0.25) is 0 Å². The lowest BCUT2D eigenvalue weighted by Crippen LogP contribution is -1.89. The summed E-state index contributed by atoms with van der Waals surface area (Å²) in [6.45, 7) is 0.474. The first-order valence-electron chi connectivity index (χ1n) is 5.87. The standard InChI is InChI=1S/C15H14BrNO2/c16-15-7-5-12(6-8-15)9-17-19-11-14-3-1-13(10-18)2-4-14/h1-9,18H,10-11H2/b17-9+. The summed E-state index contributed by atoms with van der Waals surface area (Å²) >= 11 is 3.38. The third kappa shape index (κ3) is 4.50. The van der Waals surface area contributed by atoms with Crippen molar-refractivity contribution in [3.63, 3.8) is 0 Å². The summed E-state index contributed by atoms with van der Waals surface area (Å²) in [5.74, 6) is 0. The molecular weight excluding hydrogens is 306 g/mol. The van der Waals surface area contributed by atoms with E-state index in [4.69, 9.17) is 9.94 Å². The monoisotopic (exact) mass is 319 g/mol. The fourth-order valence-corrected chi connectivity index (χ4v) is 1.76. The molecule has 2 rings (SSSR count). The van der Waals surface area contributed by atoms with Crippen molar-refractivity contribution < 1.29 is 9.94 Å². The van der Waals surface area contributed by atoms with Crippen molar-refractivity contribution in [2.24, 2.45) is 5.16 Å². The Balaban J connectivity index is 1.83. The molecule has 4 heteroatoms. The van der Waals surface area contributed by atoms with Gasteiger partial charge in [-0.15, -0.1) is 0 Å². The fraction of sp³-hybridized carbons (Fsp3) is 0.133. The van der Waals surface area contributed by atoms with Crippen molar-refractivity contribution in [1.82, 2.24) is 0 Å². The van der Waals surface area contributed by atoms with E-state index in [0.717, 1.165) is 21.2 Å². The van der Waals surface area contributed by atoms with Crippen LogP contribution in [0.5, 0.6) is 0 Å². The topological polar surface area (TPSA) is 41.8 Å². The van der Waals surface area contributed by atoms with Crippen LogP contribution in [-0.4, -0.2) is 11.3 Å². The molecule has 0 unspecified atom stereocenters. The van der Waals surface area contributed by atoms with Crippen LogP contribution in [0.1, 0.15) is 16.7 Å². The molecule has 0 heterocycles. The summed E-state index contributed by atoms with van der Waals surface area (Å²) in [4.78, 5) is 5.22. The maximum absolute atomic E-state index is 8.93. The molecule has 0 spiro atoms. The second-order valence-corrected chi connectivity index (χ2v) is 4.95. The first-order chi connectivity index (χ1) is 9.28. The molecule has 0 fully saturated rings. The molecule has 19 heavy (non-hydrogen) atoms. The molecular formula is C15H14BrNO2. The number of halogens is 1. The second kappa shape index (κ2) is 7.07. The zero-order valence-corrected chi connectivity index (χ0v) is 11.9. The highest BCUT2D eigenvalue weighted by molar-refractivity contribution is 9.10. The molecule has 0 radical (unpaired) electrons. The highest BCUT2D eigenvalue weighted by Crippen LogP contribution is 2.09. The van der Waals surface area contributed by atoms with E-state index in [-0.39, 0.29) is 6.61 Å². The molecule has 98 valence electrons. The van der Waals surface area contributed by atoms with Gasteiger partial charge in [0.05, 0.1) is 12.8 Å². The number of aliphatic hydroxyl groups is 1. The number of oxime groups is 1. The van der Waals surface area contributed by atoms with Gasteiger partial charge in [-0.25, -0.2) is 0 Å². The number of nitrogens with zero attached hydrogens (tertiary/aromatic N) is 1. The van der Waals surface area contributed by atoms with Gasteiger partial charge in [-0.3, -0.25) is 0 Å². The van der Waals surface area contributed by atoms with Crippen molar-refractivity contribution >= 4 is 22.1 Å². The lowest BCUT2D eigenvalue weighted by Gasteiger charge is -2.01. The van der Waals surface area contributed by atoms with Gasteiger partial charge in [-0.1, -0.05) is 57.5 Å². The van der Waals surface area contributed by atoms with E-state index in [9.17, 15) is 0 Å². The largest absolute Gasteiger partial charge is 0.392 e. The van der Waals surface area contributed by atoms with E-state index in [2.05, 4.69) is 21.1 Å². The predicted molar refractivity (Wildman–Crippen MR) is 78.9 cm³/mol. The minimum absolute atomic E-state index is 0.0584. The minimum atomic E-state index is 0.0584. The van der Waals surface area contributed by atoms with Crippen LogP contribution >= 0.6 is 15.9 Å². The summed E-state index contributed by atoms with van der Waals surface area (Å²) in [7, 11) is 0. The quantitative estimate of drug-likeness (QED) is 0.677. The third-order valence-corrected chi connectivity index (χ3v) is 3.11. The first kappa shape index (κ1) is 13.8. The lowest BCUT2D eigenvalue weighted by molar-refractivity contribution is 0.132. The molecule has 2 aromatic rings. The van der Waals surface area contributed by atoms with Crippen LogP contribution in [0.25, 0.3) is 0 Å². The summed E-state index contributed by atoms with van der Waals surface area (Å²) in [6.07, 6.45) is 1.68. The van der Waals surface area contributed by atoms with Gasteiger partial charge < -0.3 is 9.94 Å². The Hall–Kier alpha value is -1.65. The normalized spacial score (nSPS) is 10.8. The Labute approximate surface area is 120 Å². The van der Waals surface area contributed by atoms with E-state index in [1.54, 1.807) is 6.21 Å². The zero-order valence-electron chi connectivity index (χ0n) is 10.3. The first-order valence-corrected chi connectivity index (χ1v) is 6.67. The van der Waals surface area contributed by atoms with Gasteiger partial charge in [0, 0.05) is 4.47 Å². The average molecular weight is 320 g/mol. The summed E-state index contributed by atoms with van der Waals surface area (Å²) in [5, 5.41) is 12.8. The number of benzene rings is 2. The maximum Gasteiger partial charge on any atom is 0.142 e. The fourth-order valence-electron chi connectivity index (χ4n) is 1.50. The summed E-state index contributed by atoms with van der Waals surface area (Å²) in [5.41, 5.74) is 2.89. The number of aliphatic hydroxyl groups excluding tert-OH is 1. The van der Waals surface area contributed by atoms with Gasteiger partial charge >= 0.3 is 0 Å². The van der Waals surface area contributed by atoms with Gasteiger partial charge in [0.15, 0.2) is 0 Å². The van der Waals surface area contributed by atoms with E-state index in [1.807, 2.05) is 48.5 Å². The van der Waals surface area contributed by atoms with Gasteiger partial charge in [-0.2, -0.15) is 0 Å². The summed E-state index contributed by atoms with van der Waals surface area (Å²) in [6, 6.07) is 15.4. The van der Waals surface area contributed by atoms with E-state index in [1.165, 1.54) is 0 Å². The molecule has 0 aliphatic heterocycles. The molecule has 0 aliphatic carbocycles. The molecule has 0 saturated carbocycles. The van der Waals surface area contributed by atoms with Crippen LogP contribution in [0, 0.1) is 0 Å². The Kier molecular flexibility index (Phi) is 5.12. The Bertz CT molecular complexity index is 535. The predicted octanol–water partition coefficient (Wildman–Crippen LogP) is 3.49. The lowest BCUT2D eigenvalue weighted by atomic mass is 10.1. The van der Waals surface area contributed by atoms with Crippen molar-refractivity contribution in [3.05, 3.63) is 69.7 Å². The van der Waals surface area contributed by atoms with Crippen LogP contribution in [0.15, 0.2) is 58.2 Å². The van der Waals surface area contributed by atoms with E-state index in [0.29, 0.717) is 6.61 Å². The average Bonchev–Trinajstić information content (AvgIpc) is 2.46. The molecule has 0 atom stereocenters. The zero-order chi connectivity index (χ0) is 13.5. The number of hydrogen-bond acceptors (Lipinski definition) is 3. The Morgan fingerprint density at radius 3 is 2.26 bits per heavy atom. The number of rotatable bonds is 5. The van der Waals surface area contributed by atoms with Crippen LogP contribution in [0.3, 0.4) is 0 Å². The van der Waals surface area contributed by atoms with Gasteiger partial charge in [-0.05, 0) is 28.8 Å². The van der Waals surface area contributed by atoms with Crippen LogP contribution in [-0.2, 0) is 18.1 Å². The maximum atomic E-state index is 8.93. The molecule has 0 amide bonds. The van der Waals surface area contributed by atoms with E-state index < -0.39 is 0 Å². The smallest absolute Gasteiger partial charge is 0.142 e.